The number of ketones is 1. The van der Waals surface area contributed by atoms with E-state index in [1.54, 1.807) is 0 Å². The van der Waals surface area contributed by atoms with Crippen molar-refractivity contribution >= 4 is 5.78 Å². The molecule has 0 aromatic carbocycles. The van der Waals surface area contributed by atoms with Gasteiger partial charge in [-0.25, -0.2) is 0 Å². The fourth-order valence-electron chi connectivity index (χ4n) is 1.26. The van der Waals surface area contributed by atoms with Crippen LogP contribution < -0.4 is 0 Å². The summed E-state index contributed by atoms with van der Waals surface area (Å²) in [6.07, 6.45) is 3.93. The zero-order chi connectivity index (χ0) is 12.1. The molecule has 0 aliphatic heterocycles. The third kappa shape index (κ3) is 3.69. The minimum atomic E-state index is -0.247. The van der Waals surface area contributed by atoms with E-state index in [4.69, 9.17) is 0 Å². The topological polar surface area (TPSA) is 37.3 Å². The molecule has 0 spiro atoms. The number of aliphatic hydroxyl groups is 1. The van der Waals surface area contributed by atoms with Crippen molar-refractivity contribution in [1.29, 1.82) is 0 Å². The van der Waals surface area contributed by atoms with Gasteiger partial charge in [0.2, 0.25) is 0 Å². The standard InChI is InChI=1S/C13H24O2/c1-6-10(4)11(14)9-12(15)13(5,7-2)8-3/h9-10,15H,6-8H2,1-5H3. The summed E-state index contributed by atoms with van der Waals surface area (Å²) < 4.78 is 0. The molecule has 0 amide bonds. The van der Waals surface area contributed by atoms with Crippen molar-refractivity contribution in [3.63, 3.8) is 0 Å². The molecule has 0 rings (SSSR count). The van der Waals surface area contributed by atoms with Gasteiger partial charge >= 0.3 is 0 Å². The van der Waals surface area contributed by atoms with Crippen molar-refractivity contribution in [3.05, 3.63) is 11.8 Å². The molecule has 0 saturated heterocycles. The number of carbonyl (C=O) groups excluding carboxylic acids is 1. The Morgan fingerprint density at radius 2 is 1.80 bits per heavy atom. The molecule has 0 radical (unpaired) electrons. The molecule has 0 fully saturated rings. The van der Waals surface area contributed by atoms with Crippen LogP contribution in [0.3, 0.4) is 0 Å². The van der Waals surface area contributed by atoms with Crippen LogP contribution in [0.1, 0.15) is 53.9 Å². The van der Waals surface area contributed by atoms with Gasteiger partial charge in [-0.3, -0.25) is 4.79 Å². The summed E-state index contributed by atoms with van der Waals surface area (Å²) in [5.41, 5.74) is -0.247. The predicted molar refractivity (Wildman–Crippen MR) is 63.9 cm³/mol. The van der Waals surface area contributed by atoms with Crippen molar-refractivity contribution in [1.82, 2.24) is 0 Å². The van der Waals surface area contributed by atoms with Crippen LogP contribution in [0.2, 0.25) is 0 Å². The Balaban J connectivity index is 4.75. The molecule has 15 heavy (non-hydrogen) atoms. The Bertz CT molecular complexity index is 237. The first-order chi connectivity index (χ1) is 6.91. The lowest BCUT2D eigenvalue weighted by atomic mass is 9.81. The van der Waals surface area contributed by atoms with Crippen molar-refractivity contribution in [3.8, 4) is 0 Å². The normalized spacial score (nSPS) is 15.1. The Labute approximate surface area is 93.4 Å². The first kappa shape index (κ1) is 14.2. The monoisotopic (exact) mass is 212 g/mol. The summed E-state index contributed by atoms with van der Waals surface area (Å²) in [6, 6.07) is 0. The van der Waals surface area contributed by atoms with Gasteiger partial charge in [0.05, 0.1) is 0 Å². The number of aliphatic hydroxyl groups excluding tert-OH is 1. The van der Waals surface area contributed by atoms with Gasteiger partial charge in [0.25, 0.3) is 0 Å². The molecule has 1 unspecified atom stereocenters. The Morgan fingerprint density at radius 3 is 2.13 bits per heavy atom. The molecular weight excluding hydrogens is 188 g/mol. The fraction of sp³-hybridized carbons (Fsp3) is 0.769. The van der Waals surface area contributed by atoms with Gasteiger partial charge in [-0.05, 0) is 19.3 Å². The van der Waals surface area contributed by atoms with Crippen molar-refractivity contribution in [2.75, 3.05) is 0 Å². The van der Waals surface area contributed by atoms with Gasteiger partial charge in [-0.2, -0.15) is 0 Å². The van der Waals surface area contributed by atoms with Crippen LogP contribution >= 0.6 is 0 Å². The Hall–Kier alpha value is -0.790. The van der Waals surface area contributed by atoms with Gasteiger partial charge < -0.3 is 5.11 Å². The summed E-state index contributed by atoms with van der Waals surface area (Å²) in [7, 11) is 0. The molecule has 0 aromatic heterocycles. The Morgan fingerprint density at radius 1 is 1.33 bits per heavy atom. The molecule has 88 valence electrons. The maximum absolute atomic E-state index is 11.6. The van der Waals surface area contributed by atoms with E-state index in [-0.39, 0.29) is 22.9 Å². The largest absolute Gasteiger partial charge is 0.512 e. The van der Waals surface area contributed by atoms with Gasteiger partial charge in [0, 0.05) is 17.4 Å². The fourth-order valence-corrected chi connectivity index (χ4v) is 1.26. The van der Waals surface area contributed by atoms with E-state index >= 15 is 0 Å². The second-order valence-electron chi connectivity index (χ2n) is 4.51. The van der Waals surface area contributed by atoms with Crippen LogP contribution in [0.5, 0.6) is 0 Å². The quantitative estimate of drug-likeness (QED) is 0.536. The first-order valence-electron chi connectivity index (χ1n) is 5.86. The summed E-state index contributed by atoms with van der Waals surface area (Å²) >= 11 is 0. The molecule has 0 aliphatic rings. The van der Waals surface area contributed by atoms with Gasteiger partial charge in [0.15, 0.2) is 5.78 Å². The lowest BCUT2D eigenvalue weighted by Crippen LogP contribution is -2.19. The minimum Gasteiger partial charge on any atom is -0.512 e. The van der Waals surface area contributed by atoms with E-state index in [2.05, 4.69) is 0 Å². The first-order valence-corrected chi connectivity index (χ1v) is 5.86. The molecule has 0 heterocycles. The van der Waals surface area contributed by atoms with Crippen LogP contribution in [-0.2, 0) is 4.79 Å². The second-order valence-corrected chi connectivity index (χ2v) is 4.51. The molecule has 1 atom stereocenters. The van der Waals surface area contributed by atoms with E-state index < -0.39 is 0 Å². The highest BCUT2D eigenvalue weighted by Gasteiger charge is 2.25. The molecule has 0 aliphatic carbocycles. The summed E-state index contributed by atoms with van der Waals surface area (Å²) in [4.78, 5) is 11.6. The minimum absolute atomic E-state index is 0.00473. The highest BCUT2D eigenvalue weighted by molar-refractivity contribution is 5.91. The van der Waals surface area contributed by atoms with E-state index in [1.807, 2.05) is 34.6 Å². The molecule has 0 aromatic rings. The van der Waals surface area contributed by atoms with Crippen LogP contribution in [-0.4, -0.2) is 10.9 Å². The summed E-state index contributed by atoms with van der Waals surface area (Å²) in [5, 5.41) is 9.92. The molecule has 2 nitrogen and oxygen atoms in total. The summed E-state index contributed by atoms with van der Waals surface area (Å²) in [6.45, 7) is 9.92. The van der Waals surface area contributed by atoms with Crippen LogP contribution in [0.25, 0.3) is 0 Å². The zero-order valence-electron chi connectivity index (χ0n) is 10.6. The van der Waals surface area contributed by atoms with Crippen molar-refractivity contribution in [2.24, 2.45) is 11.3 Å². The van der Waals surface area contributed by atoms with Crippen LogP contribution in [0.4, 0.5) is 0 Å². The molecule has 1 N–H and O–H groups in total. The number of allylic oxidation sites excluding steroid dienone is 2. The Kier molecular flexibility index (Phi) is 5.63. The van der Waals surface area contributed by atoms with Gasteiger partial charge in [-0.15, -0.1) is 0 Å². The molecule has 0 saturated carbocycles. The molecule has 2 heteroatoms. The number of rotatable bonds is 6. The van der Waals surface area contributed by atoms with Crippen molar-refractivity contribution in [2.45, 2.75) is 53.9 Å². The van der Waals surface area contributed by atoms with E-state index in [1.165, 1.54) is 6.08 Å². The van der Waals surface area contributed by atoms with Gasteiger partial charge in [0.1, 0.15) is 5.76 Å². The van der Waals surface area contributed by atoms with E-state index in [0.29, 0.717) is 0 Å². The number of hydrogen-bond donors (Lipinski definition) is 1. The highest BCUT2D eigenvalue weighted by atomic mass is 16.3. The van der Waals surface area contributed by atoms with Crippen LogP contribution in [0.15, 0.2) is 11.8 Å². The SMILES string of the molecule is CCC(C)C(=O)C=C(O)C(C)(CC)CC. The second kappa shape index (κ2) is 5.94. The lowest BCUT2D eigenvalue weighted by Gasteiger charge is -2.25. The van der Waals surface area contributed by atoms with E-state index in [0.717, 1.165) is 19.3 Å². The lowest BCUT2D eigenvalue weighted by molar-refractivity contribution is -0.118. The average Bonchev–Trinajstić information content (AvgIpc) is 2.26. The highest BCUT2D eigenvalue weighted by Crippen LogP contribution is 2.32. The zero-order valence-corrected chi connectivity index (χ0v) is 10.6. The molecule has 0 bridgehead atoms. The third-order valence-electron chi connectivity index (χ3n) is 3.56. The number of hydrogen-bond acceptors (Lipinski definition) is 2. The number of carbonyl (C=O) groups is 1. The third-order valence-corrected chi connectivity index (χ3v) is 3.56. The predicted octanol–water partition coefficient (Wildman–Crippen LogP) is 3.87. The maximum atomic E-state index is 11.6. The summed E-state index contributed by atoms with van der Waals surface area (Å²) in [5.74, 6) is 0.269. The van der Waals surface area contributed by atoms with Crippen LogP contribution in [0, 0.1) is 11.3 Å². The molecular formula is C13H24O2. The van der Waals surface area contributed by atoms with Gasteiger partial charge in [-0.1, -0.05) is 34.6 Å². The average molecular weight is 212 g/mol. The maximum Gasteiger partial charge on any atom is 0.161 e. The van der Waals surface area contributed by atoms with Crippen molar-refractivity contribution < 1.29 is 9.90 Å². The smallest absolute Gasteiger partial charge is 0.161 e. The van der Waals surface area contributed by atoms with E-state index in [9.17, 15) is 9.90 Å².